The van der Waals surface area contributed by atoms with Crippen molar-refractivity contribution in [1.82, 2.24) is 9.78 Å². The van der Waals surface area contributed by atoms with Crippen LogP contribution in [-0.4, -0.2) is 31.7 Å². The Balaban J connectivity index is 3.11. The Morgan fingerprint density at radius 2 is 2.19 bits per heavy atom. The Hall–Kier alpha value is -1.30. The van der Waals surface area contributed by atoms with E-state index in [9.17, 15) is 9.59 Å². The van der Waals surface area contributed by atoms with Gasteiger partial charge in [-0.25, -0.2) is 4.79 Å². The summed E-state index contributed by atoms with van der Waals surface area (Å²) in [4.78, 5) is 22.5. The minimum Gasteiger partial charge on any atom is -0.477 e. The Morgan fingerprint density at radius 3 is 2.56 bits per heavy atom. The topological polar surface area (TPSA) is 72.2 Å². The van der Waals surface area contributed by atoms with Gasteiger partial charge in [-0.1, -0.05) is 18.7 Å². The number of carbonyl (C=O) groups is 2. The van der Waals surface area contributed by atoms with Gasteiger partial charge in [0.1, 0.15) is 11.4 Å². The first-order chi connectivity index (χ1) is 7.47. The van der Waals surface area contributed by atoms with Gasteiger partial charge in [0.25, 0.3) is 0 Å². The first-order valence-electron chi connectivity index (χ1n) is 4.97. The highest BCUT2D eigenvalue weighted by molar-refractivity contribution is 8.14. The molecule has 1 aromatic rings. The van der Waals surface area contributed by atoms with Crippen LogP contribution in [0, 0.1) is 0 Å². The van der Waals surface area contributed by atoms with Crippen molar-refractivity contribution in [3.63, 3.8) is 0 Å². The molecule has 1 heterocycles. The summed E-state index contributed by atoms with van der Waals surface area (Å²) < 4.78 is 1.35. The van der Waals surface area contributed by atoms with Gasteiger partial charge in [-0.15, -0.1) is 0 Å². The van der Waals surface area contributed by atoms with Gasteiger partial charge < -0.3 is 5.11 Å². The zero-order chi connectivity index (χ0) is 12.3. The molecule has 0 amide bonds. The van der Waals surface area contributed by atoms with Gasteiger partial charge in [-0.3, -0.25) is 9.48 Å². The molecular weight excluding hydrogens is 228 g/mol. The maximum atomic E-state index is 11.5. The molecule has 0 saturated heterocycles. The number of hydrogen-bond donors (Lipinski definition) is 1. The van der Waals surface area contributed by atoms with Crippen LogP contribution in [0.25, 0.3) is 0 Å². The van der Waals surface area contributed by atoms with Crippen LogP contribution in [0.4, 0.5) is 0 Å². The third-order valence-electron chi connectivity index (χ3n) is 1.93. The first kappa shape index (κ1) is 12.8. The number of carboxylic acids is 1. The van der Waals surface area contributed by atoms with Crippen LogP contribution in [0.15, 0.2) is 6.07 Å². The highest BCUT2D eigenvalue weighted by Crippen LogP contribution is 2.16. The summed E-state index contributed by atoms with van der Waals surface area (Å²) in [6.45, 7) is 5.50. The van der Waals surface area contributed by atoms with E-state index in [1.807, 2.05) is 20.8 Å². The van der Waals surface area contributed by atoms with E-state index in [2.05, 4.69) is 5.10 Å². The number of aromatic carboxylic acids is 1. The lowest BCUT2D eigenvalue weighted by molar-refractivity contribution is 0.0681. The number of nitrogens with zero attached hydrogens (tertiary/aromatic N) is 2. The van der Waals surface area contributed by atoms with Crippen LogP contribution >= 0.6 is 11.8 Å². The molecule has 16 heavy (non-hydrogen) atoms. The molecule has 6 heteroatoms. The molecular formula is C10H14N2O3S. The molecule has 0 aliphatic heterocycles. The second kappa shape index (κ2) is 5.16. The van der Waals surface area contributed by atoms with Crippen LogP contribution < -0.4 is 0 Å². The predicted molar refractivity (Wildman–Crippen MR) is 62.0 cm³/mol. The summed E-state index contributed by atoms with van der Waals surface area (Å²) in [6.07, 6.45) is 0. The van der Waals surface area contributed by atoms with Gasteiger partial charge in [0.15, 0.2) is 0 Å². The van der Waals surface area contributed by atoms with E-state index in [4.69, 9.17) is 5.11 Å². The summed E-state index contributed by atoms with van der Waals surface area (Å²) in [5.74, 6) is -0.419. The molecule has 0 aromatic carbocycles. The van der Waals surface area contributed by atoms with Gasteiger partial charge in [0.05, 0.1) is 0 Å². The Bertz CT molecular complexity index is 412. The highest BCUT2D eigenvalue weighted by Gasteiger charge is 2.19. The van der Waals surface area contributed by atoms with E-state index in [1.165, 1.54) is 10.7 Å². The SMILES string of the molecule is CCSC(=O)c1cc(C(=O)O)n(C(C)C)n1. The number of aromatic nitrogens is 2. The van der Waals surface area contributed by atoms with Gasteiger partial charge in [0, 0.05) is 12.1 Å². The average Bonchev–Trinajstić information content (AvgIpc) is 2.62. The van der Waals surface area contributed by atoms with Gasteiger partial charge >= 0.3 is 5.97 Å². The molecule has 0 spiro atoms. The number of carbonyl (C=O) groups excluding carboxylic acids is 1. The zero-order valence-electron chi connectivity index (χ0n) is 9.43. The van der Waals surface area contributed by atoms with Crippen molar-refractivity contribution in [2.24, 2.45) is 0 Å². The lowest BCUT2D eigenvalue weighted by atomic mass is 10.3. The summed E-state index contributed by atoms with van der Waals surface area (Å²) in [5.41, 5.74) is 0.257. The first-order valence-corrected chi connectivity index (χ1v) is 5.95. The normalized spacial score (nSPS) is 10.8. The van der Waals surface area contributed by atoms with Gasteiger partial charge in [-0.05, 0) is 19.6 Å². The van der Waals surface area contributed by atoms with Crippen LogP contribution in [-0.2, 0) is 0 Å². The van der Waals surface area contributed by atoms with Crippen molar-refractivity contribution in [2.45, 2.75) is 26.8 Å². The molecule has 1 N–H and O–H groups in total. The van der Waals surface area contributed by atoms with E-state index in [0.29, 0.717) is 5.75 Å². The second-order valence-corrected chi connectivity index (χ2v) is 4.72. The summed E-state index contributed by atoms with van der Waals surface area (Å²) in [6, 6.07) is 1.24. The predicted octanol–water partition coefficient (Wildman–Crippen LogP) is 2.06. The molecule has 0 fully saturated rings. The van der Waals surface area contributed by atoms with Gasteiger partial charge in [-0.2, -0.15) is 5.10 Å². The lowest BCUT2D eigenvalue weighted by Gasteiger charge is -2.06. The average molecular weight is 242 g/mol. The molecule has 1 aromatic heterocycles. The zero-order valence-corrected chi connectivity index (χ0v) is 10.2. The molecule has 0 atom stereocenters. The molecule has 0 aliphatic rings. The third-order valence-corrected chi connectivity index (χ3v) is 2.69. The number of hydrogen-bond acceptors (Lipinski definition) is 4. The summed E-state index contributed by atoms with van der Waals surface area (Å²) in [5, 5.41) is 12.8. The fourth-order valence-corrected chi connectivity index (χ4v) is 1.76. The van der Waals surface area contributed by atoms with E-state index < -0.39 is 5.97 Å². The monoisotopic (exact) mass is 242 g/mol. The minimum atomic E-state index is -1.07. The van der Waals surface area contributed by atoms with E-state index in [-0.39, 0.29) is 22.5 Å². The molecule has 0 saturated carbocycles. The molecule has 0 unspecified atom stereocenters. The minimum absolute atomic E-state index is 0.0510. The maximum absolute atomic E-state index is 11.5. The van der Waals surface area contributed by atoms with Crippen molar-refractivity contribution >= 4 is 22.8 Å². The van der Waals surface area contributed by atoms with Crippen LogP contribution in [0.5, 0.6) is 0 Å². The summed E-state index contributed by atoms with van der Waals surface area (Å²) in [7, 11) is 0. The third kappa shape index (κ3) is 2.63. The Labute approximate surface area is 97.8 Å². The molecule has 0 aliphatic carbocycles. The molecule has 88 valence electrons. The standard InChI is InChI=1S/C10H14N2O3S/c1-4-16-10(15)7-5-8(9(13)14)12(11-7)6(2)3/h5-6H,4H2,1-3H3,(H,13,14). The molecule has 0 radical (unpaired) electrons. The van der Waals surface area contributed by atoms with Crippen molar-refractivity contribution in [2.75, 3.05) is 5.75 Å². The molecule has 0 bridgehead atoms. The van der Waals surface area contributed by atoms with Crippen LogP contribution in [0.2, 0.25) is 0 Å². The van der Waals surface area contributed by atoms with Crippen molar-refractivity contribution in [3.8, 4) is 0 Å². The number of carboxylic acid groups (broad SMARTS) is 1. The fraction of sp³-hybridized carbons (Fsp3) is 0.500. The largest absolute Gasteiger partial charge is 0.477 e. The molecule has 5 nitrogen and oxygen atoms in total. The Morgan fingerprint density at radius 1 is 1.56 bits per heavy atom. The van der Waals surface area contributed by atoms with Crippen molar-refractivity contribution < 1.29 is 14.7 Å². The molecule has 1 rings (SSSR count). The van der Waals surface area contributed by atoms with E-state index >= 15 is 0 Å². The Kier molecular flexibility index (Phi) is 4.12. The lowest BCUT2D eigenvalue weighted by Crippen LogP contribution is -2.12. The van der Waals surface area contributed by atoms with Crippen molar-refractivity contribution in [1.29, 1.82) is 0 Å². The van der Waals surface area contributed by atoms with E-state index in [0.717, 1.165) is 11.8 Å². The van der Waals surface area contributed by atoms with Crippen molar-refractivity contribution in [3.05, 3.63) is 17.5 Å². The van der Waals surface area contributed by atoms with E-state index in [1.54, 1.807) is 0 Å². The summed E-state index contributed by atoms with van der Waals surface area (Å²) >= 11 is 1.12. The van der Waals surface area contributed by atoms with Crippen LogP contribution in [0.3, 0.4) is 0 Å². The highest BCUT2D eigenvalue weighted by atomic mass is 32.2. The number of thioether (sulfide) groups is 1. The number of rotatable bonds is 4. The fourth-order valence-electron chi connectivity index (χ4n) is 1.25. The van der Waals surface area contributed by atoms with Gasteiger partial charge in [0.2, 0.25) is 5.12 Å². The quantitative estimate of drug-likeness (QED) is 0.874. The van der Waals surface area contributed by atoms with Crippen LogP contribution in [0.1, 0.15) is 47.8 Å². The second-order valence-electron chi connectivity index (χ2n) is 3.48. The maximum Gasteiger partial charge on any atom is 0.354 e. The smallest absolute Gasteiger partial charge is 0.354 e.